The van der Waals surface area contributed by atoms with Crippen molar-refractivity contribution in [2.24, 2.45) is 5.73 Å². The van der Waals surface area contributed by atoms with E-state index < -0.39 is 11.5 Å². The summed E-state index contributed by atoms with van der Waals surface area (Å²) in [6.07, 6.45) is 3.77. The second-order valence-electron chi connectivity index (χ2n) is 4.90. The molecule has 112 valence electrons. The summed E-state index contributed by atoms with van der Waals surface area (Å²) in [4.78, 5) is 12.0. The fraction of sp³-hybridized carbons (Fsp3) is 0.562. The average molecular weight is 279 g/mol. The van der Waals surface area contributed by atoms with Crippen LogP contribution in [0.1, 0.15) is 38.2 Å². The first-order chi connectivity index (χ1) is 9.65. The largest absolute Gasteiger partial charge is 0.467 e. The van der Waals surface area contributed by atoms with Crippen molar-refractivity contribution in [3.05, 3.63) is 35.9 Å². The second kappa shape index (κ2) is 8.72. The highest BCUT2D eigenvalue weighted by Crippen LogP contribution is 2.23. The third-order valence-corrected chi connectivity index (χ3v) is 3.37. The molecule has 0 aliphatic heterocycles. The van der Waals surface area contributed by atoms with Crippen LogP contribution < -0.4 is 5.73 Å². The van der Waals surface area contributed by atoms with E-state index in [1.54, 1.807) is 0 Å². The van der Waals surface area contributed by atoms with Crippen LogP contribution >= 0.6 is 0 Å². The maximum absolute atomic E-state index is 12.0. The zero-order chi connectivity index (χ0) is 14.8. The molecule has 0 radical (unpaired) electrons. The number of nitrogens with two attached hydrogens (primary N) is 1. The van der Waals surface area contributed by atoms with Crippen LogP contribution in [-0.2, 0) is 19.8 Å². The quantitative estimate of drug-likeness (QED) is 0.557. The Morgan fingerprint density at radius 2 is 1.90 bits per heavy atom. The van der Waals surface area contributed by atoms with Gasteiger partial charge in [0.25, 0.3) is 0 Å². The van der Waals surface area contributed by atoms with Gasteiger partial charge in [-0.25, -0.2) is 4.79 Å². The number of ether oxygens (including phenoxy) is 2. The van der Waals surface area contributed by atoms with E-state index in [1.165, 1.54) is 7.11 Å². The molecule has 1 atom stereocenters. The molecule has 0 amide bonds. The standard InChI is InChI=1S/C16H25NO3/c1-3-4-8-12-20-13-11-16(17,15(18)19-2)14-9-6-5-7-10-14/h5-7,9-10H,3-4,8,11-13,17H2,1-2H3. The van der Waals surface area contributed by atoms with Gasteiger partial charge in [-0.15, -0.1) is 0 Å². The van der Waals surface area contributed by atoms with Gasteiger partial charge in [-0.1, -0.05) is 50.1 Å². The molecular formula is C16H25NO3. The Hall–Kier alpha value is -1.39. The Bertz CT molecular complexity index is 394. The second-order valence-corrected chi connectivity index (χ2v) is 4.90. The number of hydrogen-bond acceptors (Lipinski definition) is 4. The number of rotatable bonds is 9. The van der Waals surface area contributed by atoms with Crippen molar-refractivity contribution in [1.29, 1.82) is 0 Å². The van der Waals surface area contributed by atoms with Crippen molar-refractivity contribution in [3.8, 4) is 0 Å². The first-order valence-corrected chi connectivity index (χ1v) is 7.15. The summed E-state index contributed by atoms with van der Waals surface area (Å²) in [5, 5.41) is 0. The summed E-state index contributed by atoms with van der Waals surface area (Å²) in [6, 6.07) is 9.30. The number of hydrogen-bond donors (Lipinski definition) is 1. The number of carbonyl (C=O) groups excluding carboxylic acids is 1. The Morgan fingerprint density at radius 1 is 1.20 bits per heavy atom. The molecule has 0 aliphatic rings. The van der Waals surface area contributed by atoms with E-state index in [0.29, 0.717) is 19.6 Å². The predicted molar refractivity (Wildman–Crippen MR) is 79.3 cm³/mol. The van der Waals surface area contributed by atoms with Crippen LogP contribution in [0.4, 0.5) is 0 Å². The molecule has 0 aromatic heterocycles. The van der Waals surface area contributed by atoms with Crippen molar-refractivity contribution in [3.63, 3.8) is 0 Å². The average Bonchev–Trinajstić information content (AvgIpc) is 2.50. The summed E-state index contributed by atoms with van der Waals surface area (Å²) in [5.74, 6) is -0.430. The van der Waals surface area contributed by atoms with Gasteiger partial charge in [0.15, 0.2) is 0 Å². The topological polar surface area (TPSA) is 61.5 Å². The fourth-order valence-corrected chi connectivity index (χ4v) is 2.07. The number of methoxy groups -OCH3 is 1. The molecule has 0 fully saturated rings. The minimum Gasteiger partial charge on any atom is -0.467 e. The minimum absolute atomic E-state index is 0.413. The van der Waals surface area contributed by atoms with Gasteiger partial charge in [0, 0.05) is 19.6 Å². The first-order valence-electron chi connectivity index (χ1n) is 7.15. The fourth-order valence-electron chi connectivity index (χ4n) is 2.07. The summed E-state index contributed by atoms with van der Waals surface area (Å²) < 4.78 is 10.4. The number of unbranched alkanes of at least 4 members (excludes halogenated alkanes) is 2. The summed E-state index contributed by atoms with van der Waals surface area (Å²) >= 11 is 0. The van der Waals surface area contributed by atoms with Crippen LogP contribution in [0.25, 0.3) is 0 Å². The van der Waals surface area contributed by atoms with Gasteiger partial charge in [0.05, 0.1) is 7.11 Å². The minimum atomic E-state index is -1.14. The van der Waals surface area contributed by atoms with Gasteiger partial charge in [-0.05, 0) is 12.0 Å². The maximum atomic E-state index is 12.0. The molecule has 0 bridgehead atoms. The monoisotopic (exact) mass is 279 g/mol. The zero-order valence-electron chi connectivity index (χ0n) is 12.4. The van der Waals surface area contributed by atoms with E-state index >= 15 is 0 Å². The lowest BCUT2D eigenvalue weighted by molar-refractivity contribution is -0.148. The SMILES string of the molecule is CCCCCOCCC(N)(C(=O)OC)c1ccccc1. The number of benzene rings is 1. The highest BCUT2D eigenvalue weighted by Gasteiger charge is 2.36. The zero-order valence-corrected chi connectivity index (χ0v) is 12.4. The molecule has 2 N–H and O–H groups in total. The van der Waals surface area contributed by atoms with Crippen molar-refractivity contribution >= 4 is 5.97 Å². The maximum Gasteiger partial charge on any atom is 0.330 e. The third-order valence-electron chi connectivity index (χ3n) is 3.37. The molecule has 1 aromatic rings. The molecule has 0 heterocycles. The predicted octanol–water partition coefficient (Wildman–Crippen LogP) is 2.61. The van der Waals surface area contributed by atoms with Crippen LogP contribution in [-0.4, -0.2) is 26.3 Å². The van der Waals surface area contributed by atoms with Gasteiger partial charge < -0.3 is 15.2 Å². The van der Waals surface area contributed by atoms with Crippen LogP contribution in [0.3, 0.4) is 0 Å². The van der Waals surface area contributed by atoms with E-state index in [1.807, 2.05) is 30.3 Å². The molecule has 0 saturated carbocycles. The van der Waals surface area contributed by atoms with Crippen molar-refractivity contribution < 1.29 is 14.3 Å². The molecule has 4 nitrogen and oxygen atoms in total. The Kier molecular flexibility index (Phi) is 7.26. The number of carbonyl (C=O) groups is 1. The van der Waals surface area contributed by atoms with Crippen LogP contribution in [0.2, 0.25) is 0 Å². The van der Waals surface area contributed by atoms with Gasteiger partial charge >= 0.3 is 5.97 Å². The first kappa shape index (κ1) is 16.7. The van der Waals surface area contributed by atoms with Gasteiger partial charge in [-0.2, -0.15) is 0 Å². The summed E-state index contributed by atoms with van der Waals surface area (Å²) in [5.41, 5.74) is 5.88. The smallest absolute Gasteiger partial charge is 0.330 e. The Labute approximate surface area is 121 Å². The normalized spacial score (nSPS) is 13.8. The highest BCUT2D eigenvalue weighted by atomic mass is 16.5. The molecule has 1 aromatic carbocycles. The third kappa shape index (κ3) is 4.62. The molecule has 4 heteroatoms. The molecule has 1 rings (SSSR count). The van der Waals surface area contributed by atoms with Crippen LogP contribution in [0.5, 0.6) is 0 Å². The highest BCUT2D eigenvalue weighted by molar-refractivity contribution is 5.82. The van der Waals surface area contributed by atoms with Crippen molar-refractivity contribution in [1.82, 2.24) is 0 Å². The molecule has 1 unspecified atom stereocenters. The lowest BCUT2D eigenvalue weighted by Crippen LogP contribution is -2.46. The van der Waals surface area contributed by atoms with Crippen molar-refractivity contribution in [2.75, 3.05) is 20.3 Å². The van der Waals surface area contributed by atoms with Gasteiger partial charge in [-0.3, -0.25) is 0 Å². The molecule has 0 saturated heterocycles. The molecular weight excluding hydrogens is 254 g/mol. The van der Waals surface area contributed by atoms with E-state index in [2.05, 4.69) is 6.92 Å². The van der Waals surface area contributed by atoms with Gasteiger partial charge in [0.2, 0.25) is 0 Å². The lowest BCUT2D eigenvalue weighted by atomic mass is 9.88. The Balaban J connectivity index is 2.59. The molecule has 20 heavy (non-hydrogen) atoms. The molecule has 0 spiro atoms. The van der Waals surface area contributed by atoms with E-state index in [0.717, 1.165) is 24.8 Å². The van der Waals surface area contributed by atoms with E-state index in [9.17, 15) is 4.79 Å². The summed E-state index contributed by atoms with van der Waals surface area (Å²) in [6.45, 7) is 3.31. The Morgan fingerprint density at radius 3 is 2.50 bits per heavy atom. The van der Waals surface area contributed by atoms with Crippen LogP contribution in [0.15, 0.2) is 30.3 Å². The summed E-state index contributed by atoms with van der Waals surface area (Å²) in [7, 11) is 1.36. The lowest BCUT2D eigenvalue weighted by Gasteiger charge is -2.27. The van der Waals surface area contributed by atoms with Crippen LogP contribution in [0, 0.1) is 0 Å². The van der Waals surface area contributed by atoms with Crippen molar-refractivity contribution in [2.45, 2.75) is 38.1 Å². The molecule has 0 aliphatic carbocycles. The van der Waals surface area contributed by atoms with E-state index in [-0.39, 0.29) is 0 Å². The van der Waals surface area contributed by atoms with E-state index in [4.69, 9.17) is 15.2 Å². The van der Waals surface area contributed by atoms with Gasteiger partial charge in [0.1, 0.15) is 5.54 Å². The number of esters is 1.